The molecule has 2 nitrogen and oxygen atoms in total. The van der Waals surface area contributed by atoms with E-state index < -0.39 is 11.3 Å². The number of hydrogen-bond acceptors (Lipinski definition) is 2. The summed E-state index contributed by atoms with van der Waals surface area (Å²) in [6.07, 6.45) is 0. The van der Waals surface area contributed by atoms with Gasteiger partial charge in [-0.05, 0) is 11.6 Å². The molecule has 1 aromatic carbocycles. The van der Waals surface area contributed by atoms with E-state index in [0.29, 0.717) is 10.6 Å². The molecule has 1 aromatic rings. The predicted octanol–water partition coefficient (Wildman–Crippen LogP) is 3.56. The number of carbonyl (C=O) groups is 1. The fraction of sp³-hybridized carbons (Fsp3) is 0.385. The summed E-state index contributed by atoms with van der Waals surface area (Å²) in [5, 5.41) is 9.57. The molecule has 0 aliphatic heterocycles. The minimum absolute atomic E-state index is 0.108. The zero-order valence-corrected chi connectivity index (χ0v) is 10.4. The molecule has 0 bridgehead atoms. The summed E-state index contributed by atoms with van der Waals surface area (Å²) in [7, 11) is 0. The average Bonchev–Trinajstić information content (AvgIpc) is 2.20. The van der Waals surface area contributed by atoms with Crippen LogP contribution in [0.1, 0.15) is 32.3 Å². The summed E-state index contributed by atoms with van der Waals surface area (Å²) < 4.78 is 0. The quantitative estimate of drug-likeness (QED) is 0.787. The van der Waals surface area contributed by atoms with Gasteiger partial charge in [0, 0.05) is 10.4 Å². The highest BCUT2D eigenvalue weighted by atomic mass is 35.5. The van der Waals surface area contributed by atoms with Gasteiger partial charge in [0.2, 0.25) is 0 Å². The molecule has 1 atom stereocenters. The molecule has 16 heavy (non-hydrogen) atoms. The number of ketones is 1. The van der Waals surface area contributed by atoms with Crippen LogP contribution in [0.2, 0.25) is 5.02 Å². The van der Waals surface area contributed by atoms with Crippen molar-refractivity contribution < 1.29 is 4.79 Å². The van der Waals surface area contributed by atoms with Crippen molar-refractivity contribution in [2.24, 2.45) is 5.41 Å². The van der Waals surface area contributed by atoms with Gasteiger partial charge in [-0.3, -0.25) is 4.79 Å². The van der Waals surface area contributed by atoms with E-state index in [1.807, 2.05) is 6.07 Å². The zero-order chi connectivity index (χ0) is 12.3. The largest absolute Gasteiger partial charge is 0.297 e. The highest BCUT2D eigenvalue weighted by Crippen LogP contribution is 2.30. The van der Waals surface area contributed by atoms with Crippen LogP contribution in [0.5, 0.6) is 0 Å². The van der Waals surface area contributed by atoms with Crippen molar-refractivity contribution in [3.63, 3.8) is 0 Å². The molecule has 84 valence electrons. The maximum Gasteiger partial charge on any atom is 0.159 e. The summed E-state index contributed by atoms with van der Waals surface area (Å²) in [6.45, 7) is 5.41. The molecule has 0 saturated heterocycles. The van der Waals surface area contributed by atoms with Crippen LogP contribution in [-0.4, -0.2) is 5.78 Å². The molecule has 0 heterocycles. The van der Waals surface area contributed by atoms with Crippen LogP contribution >= 0.6 is 11.6 Å². The van der Waals surface area contributed by atoms with Crippen LogP contribution in [0.25, 0.3) is 0 Å². The molecule has 0 saturated carbocycles. The van der Waals surface area contributed by atoms with Gasteiger partial charge in [-0.15, -0.1) is 0 Å². The predicted molar refractivity (Wildman–Crippen MR) is 64.3 cm³/mol. The summed E-state index contributed by atoms with van der Waals surface area (Å²) >= 11 is 5.99. The molecule has 0 aromatic heterocycles. The van der Waals surface area contributed by atoms with Crippen molar-refractivity contribution in [2.75, 3.05) is 0 Å². The number of Topliss-reactive ketones (excluding diaryl/α,β-unsaturated/α-hetero) is 1. The maximum atomic E-state index is 12.1. The molecule has 1 rings (SSSR count). The summed E-state index contributed by atoms with van der Waals surface area (Å²) in [4.78, 5) is 12.1. The fourth-order valence-electron chi connectivity index (χ4n) is 1.41. The third kappa shape index (κ3) is 2.62. The van der Waals surface area contributed by atoms with E-state index >= 15 is 0 Å². The van der Waals surface area contributed by atoms with Crippen LogP contribution in [0.4, 0.5) is 0 Å². The first-order valence-corrected chi connectivity index (χ1v) is 5.44. The standard InChI is InChI=1S/C13H14ClNO/c1-13(2,3)12(16)10(8-15)9-6-4-5-7-11(9)14/h4-7,10H,1-3H3. The second kappa shape index (κ2) is 4.67. The van der Waals surface area contributed by atoms with Crippen molar-refractivity contribution in [1.29, 1.82) is 5.26 Å². The number of benzene rings is 1. The molecular formula is C13H14ClNO. The SMILES string of the molecule is CC(C)(C)C(=O)C(C#N)c1ccccc1Cl. The smallest absolute Gasteiger partial charge is 0.159 e. The molecule has 0 spiro atoms. The Hall–Kier alpha value is -1.33. The zero-order valence-electron chi connectivity index (χ0n) is 9.62. The monoisotopic (exact) mass is 235 g/mol. The Morgan fingerprint density at radius 3 is 2.38 bits per heavy atom. The molecule has 0 amide bonds. The third-order valence-corrected chi connectivity index (χ3v) is 2.69. The van der Waals surface area contributed by atoms with Crippen molar-refractivity contribution in [2.45, 2.75) is 26.7 Å². The van der Waals surface area contributed by atoms with Crippen LogP contribution < -0.4 is 0 Å². The van der Waals surface area contributed by atoms with Gasteiger partial charge in [-0.25, -0.2) is 0 Å². The van der Waals surface area contributed by atoms with E-state index in [9.17, 15) is 4.79 Å². The van der Waals surface area contributed by atoms with Gasteiger partial charge in [0.25, 0.3) is 0 Å². The molecule has 0 fully saturated rings. The summed E-state index contributed by atoms with van der Waals surface area (Å²) in [6, 6.07) is 9.00. The van der Waals surface area contributed by atoms with Gasteiger partial charge in [-0.1, -0.05) is 50.6 Å². The number of hydrogen-bond donors (Lipinski definition) is 0. The minimum Gasteiger partial charge on any atom is -0.297 e. The first kappa shape index (κ1) is 12.7. The number of carbonyl (C=O) groups excluding carboxylic acids is 1. The van der Waals surface area contributed by atoms with Gasteiger partial charge < -0.3 is 0 Å². The Balaban J connectivity index is 3.16. The lowest BCUT2D eigenvalue weighted by Crippen LogP contribution is -2.26. The lowest BCUT2D eigenvalue weighted by Gasteiger charge is -2.20. The van der Waals surface area contributed by atoms with E-state index in [2.05, 4.69) is 0 Å². The van der Waals surface area contributed by atoms with E-state index in [0.717, 1.165) is 0 Å². The van der Waals surface area contributed by atoms with E-state index in [1.165, 1.54) is 0 Å². The van der Waals surface area contributed by atoms with E-state index in [1.54, 1.807) is 45.0 Å². The topological polar surface area (TPSA) is 40.9 Å². The van der Waals surface area contributed by atoms with Gasteiger partial charge in [0.05, 0.1) is 6.07 Å². The lowest BCUT2D eigenvalue weighted by atomic mass is 9.80. The van der Waals surface area contributed by atoms with Gasteiger partial charge in [-0.2, -0.15) is 5.26 Å². The number of nitriles is 1. The highest BCUT2D eigenvalue weighted by molar-refractivity contribution is 6.31. The van der Waals surface area contributed by atoms with Gasteiger partial charge >= 0.3 is 0 Å². The summed E-state index contributed by atoms with van der Waals surface area (Å²) in [5.41, 5.74) is 0.0473. The molecular weight excluding hydrogens is 222 g/mol. The Bertz CT molecular complexity index is 440. The molecule has 0 radical (unpaired) electrons. The van der Waals surface area contributed by atoms with Gasteiger partial charge in [0.15, 0.2) is 5.78 Å². The van der Waals surface area contributed by atoms with Crippen LogP contribution in [0, 0.1) is 16.7 Å². The van der Waals surface area contributed by atoms with E-state index in [-0.39, 0.29) is 5.78 Å². The molecule has 0 N–H and O–H groups in total. The minimum atomic E-state index is -0.784. The highest BCUT2D eigenvalue weighted by Gasteiger charge is 2.31. The Kier molecular flexibility index (Phi) is 3.72. The third-order valence-electron chi connectivity index (χ3n) is 2.35. The first-order valence-electron chi connectivity index (χ1n) is 5.06. The second-order valence-electron chi connectivity index (χ2n) is 4.70. The van der Waals surface area contributed by atoms with Crippen LogP contribution in [-0.2, 0) is 4.79 Å². The van der Waals surface area contributed by atoms with Crippen molar-refractivity contribution in [3.05, 3.63) is 34.9 Å². The molecule has 0 aliphatic rings. The second-order valence-corrected chi connectivity index (χ2v) is 5.11. The van der Waals surface area contributed by atoms with Gasteiger partial charge in [0.1, 0.15) is 5.92 Å². The maximum absolute atomic E-state index is 12.1. The normalized spacial score (nSPS) is 12.9. The Labute approximate surface area is 101 Å². The van der Waals surface area contributed by atoms with E-state index in [4.69, 9.17) is 16.9 Å². The fourth-order valence-corrected chi connectivity index (χ4v) is 1.66. The van der Waals surface area contributed by atoms with Crippen LogP contribution in [0.15, 0.2) is 24.3 Å². The van der Waals surface area contributed by atoms with Crippen LogP contribution in [0.3, 0.4) is 0 Å². The Morgan fingerprint density at radius 1 is 1.38 bits per heavy atom. The molecule has 1 unspecified atom stereocenters. The molecule has 0 aliphatic carbocycles. The first-order chi connectivity index (χ1) is 7.38. The number of nitrogens with zero attached hydrogens (tertiary/aromatic N) is 1. The lowest BCUT2D eigenvalue weighted by molar-refractivity contribution is -0.126. The Morgan fingerprint density at radius 2 is 1.94 bits per heavy atom. The van der Waals surface area contributed by atoms with Crippen molar-refractivity contribution in [1.82, 2.24) is 0 Å². The average molecular weight is 236 g/mol. The van der Waals surface area contributed by atoms with Crippen molar-refractivity contribution in [3.8, 4) is 6.07 Å². The number of halogens is 1. The summed E-state index contributed by atoms with van der Waals surface area (Å²) in [5.74, 6) is -0.892. The number of rotatable bonds is 2. The van der Waals surface area contributed by atoms with Crippen molar-refractivity contribution >= 4 is 17.4 Å². The molecule has 3 heteroatoms.